The highest BCUT2D eigenvalue weighted by Crippen LogP contribution is 2.26. The monoisotopic (exact) mass is 909 g/mol. The third kappa shape index (κ3) is 16.0. The summed E-state index contributed by atoms with van der Waals surface area (Å²) in [6.45, 7) is 28.4. The predicted octanol–water partition coefficient (Wildman–Crippen LogP) is 5.76. The lowest BCUT2D eigenvalue weighted by Crippen LogP contribution is -2.56. The molecule has 16 heteroatoms. The van der Waals surface area contributed by atoms with Gasteiger partial charge in [0, 0.05) is 28.2 Å². The summed E-state index contributed by atoms with van der Waals surface area (Å²) in [6.07, 6.45) is -5.02. The highest BCUT2D eigenvalue weighted by atomic mass is 16.6. The third-order valence-electron chi connectivity index (χ3n) is 11.5. The maximum atomic E-state index is 14.4. The van der Waals surface area contributed by atoms with Gasteiger partial charge in [-0.1, -0.05) is 111 Å². The van der Waals surface area contributed by atoms with Crippen LogP contribution in [0, 0.1) is 47.3 Å². The number of cyclic esters (lactones) is 4. The Labute approximate surface area is 384 Å². The summed E-state index contributed by atoms with van der Waals surface area (Å²) in [4.78, 5) is 120. The number of esters is 4. The van der Waals surface area contributed by atoms with Gasteiger partial charge in [0.1, 0.15) is 24.2 Å². The Morgan fingerprint density at radius 3 is 0.562 bits per heavy atom. The van der Waals surface area contributed by atoms with Crippen molar-refractivity contribution in [2.45, 2.75) is 185 Å². The smallest absolute Gasteiger partial charge is 0.329 e. The molecule has 1 fully saturated rings. The molecular weight excluding hydrogens is 825 g/mol. The molecule has 368 valence electrons. The van der Waals surface area contributed by atoms with Gasteiger partial charge in [0.2, 0.25) is 0 Å². The fourth-order valence-electron chi connectivity index (χ4n) is 7.55. The molecule has 0 spiro atoms. The Morgan fingerprint density at radius 2 is 0.453 bits per heavy atom. The maximum Gasteiger partial charge on any atom is 0.329 e. The average molecular weight is 909 g/mol. The SMILES string of the molecule is CC(C)CC1C(=O)O[C@H](C(C)C)C(=O)N(C)C(CC(C)C)C(=O)O[C@@H](C(C)C)C(=O)N(C)C(CC(C)C)C(=O)O[C@H](C(C)C)C(=O)N(C)C(CC(C)C)C(=O)O[C@@H](C(C)C)C(=O)N1C. The molecule has 4 unspecified atom stereocenters. The van der Waals surface area contributed by atoms with Crippen LogP contribution < -0.4 is 0 Å². The summed E-state index contributed by atoms with van der Waals surface area (Å²) >= 11 is 0. The Bertz CT molecular complexity index is 1380. The van der Waals surface area contributed by atoms with Crippen LogP contribution in [0.2, 0.25) is 0 Å². The van der Waals surface area contributed by atoms with Gasteiger partial charge in [-0.2, -0.15) is 0 Å². The molecule has 0 aromatic carbocycles. The Hall–Kier alpha value is -4.24. The molecule has 1 heterocycles. The lowest BCUT2D eigenvalue weighted by atomic mass is 9.98. The van der Waals surface area contributed by atoms with Crippen molar-refractivity contribution in [3.05, 3.63) is 0 Å². The molecule has 0 N–H and O–H groups in total. The number of hydrogen-bond donors (Lipinski definition) is 0. The van der Waals surface area contributed by atoms with Gasteiger partial charge in [0.25, 0.3) is 23.6 Å². The van der Waals surface area contributed by atoms with Gasteiger partial charge in [-0.25, -0.2) is 19.2 Å². The van der Waals surface area contributed by atoms with E-state index in [1.165, 1.54) is 47.8 Å². The average Bonchev–Trinajstić information content (AvgIpc) is 3.18. The first kappa shape index (κ1) is 57.8. The lowest BCUT2D eigenvalue weighted by molar-refractivity contribution is -0.180. The standard InChI is InChI=1S/C48H84N4O12/c1-25(2)21-33-45(57)61-38(30(11)12)42(54)50(18)35(23-27(5)6)47(59)63-40(32(15)16)44(56)52(20)36(24-28(7)8)48(60)64-39(31(13)14)43(55)51(19)34(22-26(3)4)46(58)62-37(29(9)10)41(53)49(33)17/h25-40H,21-24H2,1-20H3/t33?,34?,35?,36?,37-,38+,39+,40-. The fourth-order valence-corrected chi connectivity index (χ4v) is 7.55. The second-order valence-corrected chi connectivity index (χ2v) is 20.8. The summed E-state index contributed by atoms with van der Waals surface area (Å²) < 4.78 is 24.0. The second kappa shape index (κ2) is 25.5. The van der Waals surface area contributed by atoms with E-state index in [0.29, 0.717) is 0 Å². The molecule has 1 rings (SSSR count). The fraction of sp³-hybridized carbons (Fsp3) is 0.833. The van der Waals surface area contributed by atoms with Gasteiger partial charge in [-0.15, -0.1) is 0 Å². The van der Waals surface area contributed by atoms with Gasteiger partial charge in [-0.3, -0.25) is 19.2 Å². The molecule has 1 aliphatic heterocycles. The van der Waals surface area contributed by atoms with Gasteiger partial charge in [0.05, 0.1) is 0 Å². The zero-order chi connectivity index (χ0) is 49.8. The summed E-state index contributed by atoms with van der Waals surface area (Å²) in [5.41, 5.74) is 0. The molecule has 8 atom stereocenters. The molecule has 4 amide bonds. The molecule has 0 radical (unpaired) electrons. The lowest BCUT2D eigenvalue weighted by Gasteiger charge is -2.37. The molecule has 1 aliphatic rings. The van der Waals surface area contributed by atoms with E-state index < -0.39 is 120 Å². The molecular formula is C48H84N4O12. The van der Waals surface area contributed by atoms with E-state index in [1.807, 2.05) is 55.4 Å². The summed E-state index contributed by atoms with van der Waals surface area (Å²) in [7, 11) is 5.65. The molecule has 1 saturated heterocycles. The number of carbonyl (C=O) groups is 8. The minimum atomic E-state index is -1.39. The van der Waals surface area contributed by atoms with E-state index in [1.54, 1.807) is 55.4 Å². The van der Waals surface area contributed by atoms with Crippen molar-refractivity contribution in [1.82, 2.24) is 19.6 Å². The van der Waals surface area contributed by atoms with Crippen molar-refractivity contribution in [3.63, 3.8) is 0 Å². The Morgan fingerprint density at radius 1 is 0.312 bits per heavy atom. The number of nitrogens with zero attached hydrogens (tertiary/aromatic N) is 4. The first-order valence-corrected chi connectivity index (χ1v) is 23.3. The number of rotatable bonds is 12. The highest BCUT2D eigenvalue weighted by molar-refractivity contribution is 5.94. The van der Waals surface area contributed by atoms with E-state index in [4.69, 9.17) is 18.9 Å². The Kier molecular flexibility index (Phi) is 23.0. The molecule has 0 aromatic heterocycles. The van der Waals surface area contributed by atoms with Crippen LogP contribution >= 0.6 is 0 Å². The number of likely N-dealkylation sites (N-methyl/N-ethyl adjacent to an activating group) is 4. The first-order valence-electron chi connectivity index (χ1n) is 23.3. The van der Waals surface area contributed by atoms with Crippen LogP contribution in [0.5, 0.6) is 0 Å². The van der Waals surface area contributed by atoms with E-state index >= 15 is 0 Å². The van der Waals surface area contributed by atoms with Gasteiger partial charge in [-0.05, 0) is 73.0 Å². The van der Waals surface area contributed by atoms with Crippen LogP contribution in [0.4, 0.5) is 0 Å². The molecule has 16 nitrogen and oxygen atoms in total. The third-order valence-corrected chi connectivity index (χ3v) is 11.5. The van der Waals surface area contributed by atoms with Crippen molar-refractivity contribution in [2.24, 2.45) is 47.3 Å². The summed E-state index contributed by atoms with van der Waals surface area (Å²) in [6, 6.07) is -4.83. The first-order chi connectivity index (χ1) is 29.4. The minimum Gasteiger partial charge on any atom is -0.450 e. The summed E-state index contributed by atoms with van der Waals surface area (Å²) in [5, 5.41) is 0. The zero-order valence-corrected chi connectivity index (χ0v) is 42.8. The number of amides is 4. The maximum absolute atomic E-state index is 14.4. The topological polar surface area (TPSA) is 186 Å². The van der Waals surface area contributed by atoms with Crippen LogP contribution in [-0.2, 0) is 57.3 Å². The second-order valence-electron chi connectivity index (χ2n) is 20.8. The molecule has 0 aliphatic carbocycles. The molecule has 64 heavy (non-hydrogen) atoms. The van der Waals surface area contributed by atoms with E-state index in [0.717, 1.165) is 0 Å². The molecule has 0 saturated carbocycles. The van der Waals surface area contributed by atoms with Crippen LogP contribution in [0.25, 0.3) is 0 Å². The van der Waals surface area contributed by atoms with Crippen LogP contribution in [0.1, 0.15) is 136 Å². The summed E-state index contributed by atoms with van der Waals surface area (Å²) in [5.74, 6) is -9.05. The molecule has 0 bridgehead atoms. The molecule has 0 aromatic rings. The highest BCUT2D eigenvalue weighted by Gasteiger charge is 2.45. The number of carbonyl (C=O) groups excluding carboxylic acids is 8. The number of ether oxygens (including phenoxy) is 4. The quantitative estimate of drug-likeness (QED) is 0.171. The van der Waals surface area contributed by atoms with Crippen molar-refractivity contribution in [3.8, 4) is 0 Å². The van der Waals surface area contributed by atoms with Crippen LogP contribution in [0.15, 0.2) is 0 Å². The van der Waals surface area contributed by atoms with Crippen LogP contribution in [-0.4, -0.2) is 144 Å². The van der Waals surface area contributed by atoms with Crippen molar-refractivity contribution in [1.29, 1.82) is 0 Å². The zero-order valence-electron chi connectivity index (χ0n) is 42.8. The van der Waals surface area contributed by atoms with Crippen molar-refractivity contribution < 1.29 is 57.3 Å². The van der Waals surface area contributed by atoms with E-state index in [2.05, 4.69) is 0 Å². The van der Waals surface area contributed by atoms with E-state index in [-0.39, 0.29) is 49.4 Å². The van der Waals surface area contributed by atoms with Crippen LogP contribution in [0.3, 0.4) is 0 Å². The predicted molar refractivity (Wildman–Crippen MR) is 243 cm³/mol. The largest absolute Gasteiger partial charge is 0.450 e. The number of hydrogen-bond acceptors (Lipinski definition) is 12. The van der Waals surface area contributed by atoms with Gasteiger partial charge < -0.3 is 38.5 Å². The van der Waals surface area contributed by atoms with Crippen molar-refractivity contribution in [2.75, 3.05) is 28.2 Å². The van der Waals surface area contributed by atoms with Crippen molar-refractivity contribution >= 4 is 47.5 Å². The minimum absolute atomic E-state index is 0.129. The van der Waals surface area contributed by atoms with Gasteiger partial charge in [0.15, 0.2) is 24.4 Å². The van der Waals surface area contributed by atoms with Gasteiger partial charge >= 0.3 is 23.9 Å². The normalized spacial score (nSPS) is 26.6. The van der Waals surface area contributed by atoms with E-state index in [9.17, 15) is 38.4 Å². The Balaban J connectivity index is 4.22.